The van der Waals surface area contributed by atoms with Gasteiger partial charge >= 0.3 is 5.97 Å². The molecule has 2 bridgehead atoms. The van der Waals surface area contributed by atoms with Gasteiger partial charge in [0.2, 0.25) is 10.0 Å². The first-order valence-electron chi connectivity index (χ1n) is 15.5. The molecule has 2 heterocycles. The third-order valence-electron chi connectivity index (χ3n) is 10.0. The number of aryl methyl sites for hydroxylation is 1. The van der Waals surface area contributed by atoms with Crippen LogP contribution in [0, 0.1) is 11.8 Å². The first kappa shape index (κ1) is 30.9. The summed E-state index contributed by atoms with van der Waals surface area (Å²) in [5.74, 6) is -0.963. The van der Waals surface area contributed by atoms with Crippen molar-refractivity contribution in [2.24, 2.45) is 11.8 Å². The van der Waals surface area contributed by atoms with Crippen molar-refractivity contribution in [3.63, 3.8) is 0 Å². The van der Waals surface area contributed by atoms with Crippen LogP contribution in [0.4, 0.5) is 5.69 Å². The van der Waals surface area contributed by atoms with E-state index in [2.05, 4.69) is 15.7 Å². The number of carboxylic acid groups (broad SMARTS) is 1. The molecule has 11 heteroatoms. The highest BCUT2D eigenvalue weighted by Crippen LogP contribution is 2.46. The lowest BCUT2D eigenvalue weighted by molar-refractivity contribution is -0.137. The third-order valence-corrected chi connectivity index (χ3v) is 12.1. The van der Waals surface area contributed by atoms with Crippen LogP contribution in [-0.2, 0) is 26.7 Å². The Morgan fingerprint density at radius 2 is 2.00 bits per heavy atom. The molecule has 2 aliphatic heterocycles. The van der Waals surface area contributed by atoms with E-state index in [9.17, 15) is 28.2 Å². The molecule has 1 amide bonds. The summed E-state index contributed by atoms with van der Waals surface area (Å²) < 4.78 is 35.4. The monoisotopic (exact) mass is 642 g/mol. The van der Waals surface area contributed by atoms with Crippen LogP contribution in [0.25, 0.3) is 0 Å². The minimum atomic E-state index is -4.18. The molecule has 5 atom stereocenters. The summed E-state index contributed by atoms with van der Waals surface area (Å²) in [5.41, 5.74) is 3.04. The highest BCUT2D eigenvalue weighted by atomic mass is 35.5. The van der Waals surface area contributed by atoms with Gasteiger partial charge in [0.25, 0.3) is 5.91 Å². The van der Waals surface area contributed by atoms with E-state index in [0.717, 1.165) is 37.8 Å². The predicted octanol–water partition coefficient (Wildman–Crippen LogP) is 4.84. The molecule has 6 rings (SSSR count). The Kier molecular flexibility index (Phi) is 8.69. The van der Waals surface area contributed by atoms with E-state index in [1.165, 1.54) is 11.1 Å². The second-order valence-corrected chi connectivity index (χ2v) is 15.2. The van der Waals surface area contributed by atoms with E-state index in [0.29, 0.717) is 36.9 Å². The van der Waals surface area contributed by atoms with Gasteiger partial charge in [0, 0.05) is 35.5 Å². The molecular weight excluding hydrogens is 604 g/mol. The van der Waals surface area contributed by atoms with Crippen molar-refractivity contribution in [1.29, 1.82) is 0 Å². The Bertz CT molecular complexity index is 1580. The van der Waals surface area contributed by atoms with Crippen molar-refractivity contribution in [2.75, 3.05) is 24.6 Å². The zero-order valence-electron chi connectivity index (χ0n) is 24.6. The fourth-order valence-electron chi connectivity index (χ4n) is 7.48. The number of amides is 1. The maximum absolute atomic E-state index is 13.4. The quantitative estimate of drug-likeness (QED) is 0.405. The minimum absolute atomic E-state index is 0.0539. The van der Waals surface area contributed by atoms with Crippen LogP contribution in [0.1, 0.15) is 72.9 Å². The molecule has 44 heavy (non-hydrogen) atoms. The number of carbonyl (C=O) groups excluding carboxylic acids is 1. The Balaban J connectivity index is 1.39. The maximum Gasteiger partial charge on any atom is 0.303 e. The van der Waals surface area contributed by atoms with Crippen molar-refractivity contribution < 1.29 is 33.0 Å². The molecule has 2 aromatic carbocycles. The number of sulfonamides is 1. The number of aliphatic carboxylic acids is 1. The smallest absolute Gasteiger partial charge is 0.303 e. The number of carboxylic acids is 1. The van der Waals surface area contributed by atoms with Crippen LogP contribution in [0.2, 0.25) is 5.02 Å². The second kappa shape index (κ2) is 12.4. The van der Waals surface area contributed by atoms with Gasteiger partial charge in [-0.25, -0.2) is 13.1 Å². The number of aliphatic hydroxyl groups is 1. The Morgan fingerprint density at radius 3 is 2.77 bits per heavy atom. The van der Waals surface area contributed by atoms with Crippen molar-refractivity contribution >= 4 is 39.2 Å². The molecule has 1 fully saturated rings. The van der Waals surface area contributed by atoms with E-state index in [-0.39, 0.29) is 42.1 Å². The second-order valence-electron chi connectivity index (χ2n) is 12.8. The fraction of sp³-hybridized carbons (Fsp3) is 0.515. The molecule has 0 unspecified atom stereocenters. The molecule has 0 radical (unpaired) electrons. The van der Waals surface area contributed by atoms with Crippen LogP contribution >= 0.6 is 11.6 Å². The molecule has 236 valence electrons. The van der Waals surface area contributed by atoms with Gasteiger partial charge in [-0.15, -0.1) is 0 Å². The molecule has 3 N–H and O–H groups in total. The summed E-state index contributed by atoms with van der Waals surface area (Å²) in [6.45, 7) is 1.76. The number of allylic oxidation sites excluding steroid dienone is 1. The van der Waals surface area contributed by atoms with Crippen molar-refractivity contribution in [3.05, 3.63) is 70.3 Å². The zero-order chi connectivity index (χ0) is 31.1. The lowest BCUT2D eigenvalue weighted by atomic mass is 9.68. The van der Waals surface area contributed by atoms with Crippen LogP contribution in [0.3, 0.4) is 0 Å². The lowest BCUT2D eigenvalue weighted by Crippen LogP contribution is -2.49. The largest absolute Gasteiger partial charge is 0.490 e. The van der Waals surface area contributed by atoms with Gasteiger partial charge < -0.3 is 19.8 Å². The number of hydrogen-bond acceptors (Lipinski definition) is 7. The van der Waals surface area contributed by atoms with Gasteiger partial charge in [-0.2, -0.15) is 0 Å². The van der Waals surface area contributed by atoms with Crippen molar-refractivity contribution in [2.45, 2.75) is 74.6 Å². The predicted molar refractivity (Wildman–Crippen MR) is 168 cm³/mol. The number of ether oxygens (including phenoxy) is 1. The average molecular weight is 643 g/mol. The Labute approximate surface area is 263 Å². The van der Waals surface area contributed by atoms with Crippen LogP contribution < -0.4 is 14.4 Å². The Morgan fingerprint density at radius 1 is 1.16 bits per heavy atom. The summed E-state index contributed by atoms with van der Waals surface area (Å²) in [5, 5.41) is 19.9. The number of hydrogen-bond donors (Lipinski definition) is 3. The summed E-state index contributed by atoms with van der Waals surface area (Å²) in [7, 11) is -4.18. The van der Waals surface area contributed by atoms with Crippen molar-refractivity contribution in [3.8, 4) is 5.75 Å². The number of nitrogens with one attached hydrogen (secondary N) is 1. The number of rotatable bonds is 3. The summed E-state index contributed by atoms with van der Waals surface area (Å²) in [6, 6.07) is 11.1. The van der Waals surface area contributed by atoms with E-state index in [4.69, 9.17) is 16.3 Å². The minimum Gasteiger partial charge on any atom is -0.490 e. The summed E-state index contributed by atoms with van der Waals surface area (Å²) in [4.78, 5) is 26.9. The summed E-state index contributed by atoms with van der Waals surface area (Å²) in [6.07, 6.45) is 7.57. The highest BCUT2D eigenvalue weighted by molar-refractivity contribution is 7.90. The number of halogens is 1. The first-order valence-corrected chi connectivity index (χ1v) is 17.4. The van der Waals surface area contributed by atoms with Gasteiger partial charge in [-0.05, 0) is 105 Å². The normalized spacial score (nSPS) is 30.5. The topological polar surface area (TPSA) is 133 Å². The zero-order valence-corrected chi connectivity index (χ0v) is 26.2. The molecule has 0 aromatic heterocycles. The van der Waals surface area contributed by atoms with Crippen LogP contribution in [0.5, 0.6) is 5.75 Å². The first-order chi connectivity index (χ1) is 21.0. The van der Waals surface area contributed by atoms with E-state index in [1.54, 1.807) is 30.4 Å². The molecule has 2 aliphatic carbocycles. The molecule has 1 spiro atoms. The SMILES string of the molecule is O=C(O)CC[C@@H]1CC/C=C/[C@H](O)[C@@H]2CC[C@H]2CN2C[C@@]3(CCCc4cc(Cl)ccc43)COc3ccc(cc32)C(=O)NS1(=O)=O. The lowest BCUT2D eigenvalue weighted by Gasteiger charge is -2.45. The standard InChI is InChI=1S/C33H39ClN2O7S/c34-24-9-12-27-21(16-24)4-3-15-33(27)19-36-18-23-7-11-26(23)29(37)6-2-1-5-25(10-14-31(38)39)44(41,42)35-32(40)22-8-13-30(43-20-33)28(36)17-22/h2,6,8-9,12-13,16-17,23,25-26,29,37H,1,3-5,7,10-11,14-15,18-20H2,(H,35,40)(H,38,39)/b6-2+/t23-,25-,26+,29-,33-/m0/s1. The molecule has 0 saturated heterocycles. The average Bonchev–Trinajstić information content (AvgIpc) is 3.10. The molecule has 2 aromatic rings. The molecular formula is C33H39ClN2O7S. The van der Waals surface area contributed by atoms with Crippen LogP contribution in [0.15, 0.2) is 48.6 Å². The van der Waals surface area contributed by atoms with Gasteiger partial charge in [-0.3, -0.25) is 9.59 Å². The van der Waals surface area contributed by atoms with E-state index in [1.807, 2.05) is 12.1 Å². The number of benzene rings is 2. The third kappa shape index (κ3) is 6.21. The van der Waals surface area contributed by atoms with Gasteiger partial charge in [0.05, 0.1) is 23.6 Å². The number of fused-ring (bicyclic) bond motifs is 4. The van der Waals surface area contributed by atoms with Gasteiger partial charge in [0.1, 0.15) is 5.75 Å². The Hall–Kier alpha value is -3.08. The van der Waals surface area contributed by atoms with E-state index < -0.39 is 33.3 Å². The molecule has 1 saturated carbocycles. The van der Waals surface area contributed by atoms with Crippen LogP contribution in [-0.4, -0.2) is 61.6 Å². The molecule has 4 aliphatic rings. The number of nitrogens with zero attached hydrogens (tertiary/aromatic N) is 1. The highest BCUT2D eigenvalue weighted by Gasteiger charge is 2.44. The maximum atomic E-state index is 13.4. The van der Waals surface area contributed by atoms with Crippen molar-refractivity contribution in [1.82, 2.24) is 4.72 Å². The van der Waals surface area contributed by atoms with E-state index >= 15 is 0 Å². The number of aliphatic hydroxyl groups excluding tert-OH is 1. The van der Waals surface area contributed by atoms with Gasteiger partial charge in [0.15, 0.2) is 0 Å². The fourth-order valence-corrected chi connectivity index (χ4v) is 9.09. The summed E-state index contributed by atoms with van der Waals surface area (Å²) >= 11 is 6.37. The number of carbonyl (C=O) groups is 2. The van der Waals surface area contributed by atoms with Gasteiger partial charge in [-0.1, -0.05) is 29.8 Å². The molecule has 9 nitrogen and oxygen atoms in total. The number of anilines is 1.